The van der Waals surface area contributed by atoms with Gasteiger partial charge in [-0.3, -0.25) is 9.69 Å². The Morgan fingerprint density at radius 3 is 2.56 bits per heavy atom. The summed E-state index contributed by atoms with van der Waals surface area (Å²) in [6.45, 7) is 9.61. The van der Waals surface area contributed by atoms with Gasteiger partial charge in [0.15, 0.2) is 0 Å². The average Bonchev–Trinajstić information content (AvgIpc) is 2.64. The summed E-state index contributed by atoms with van der Waals surface area (Å²) in [6, 6.07) is 5.65. The van der Waals surface area contributed by atoms with E-state index in [4.69, 9.17) is 23.2 Å². The lowest BCUT2D eigenvalue weighted by Gasteiger charge is -2.38. The summed E-state index contributed by atoms with van der Waals surface area (Å²) < 4.78 is 0. The number of likely N-dealkylation sites (N-methyl/N-ethyl adjacent to an activating group) is 1. The van der Waals surface area contributed by atoms with Crippen molar-refractivity contribution in [1.29, 1.82) is 0 Å². The molecule has 1 aromatic rings. The van der Waals surface area contributed by atoms with Crippen molar-refractivity contribution in [2.45, 2.75) is 26.3 Å². The van der Waals surface area contributed by atoms with E-state index in [2.05, 4.69) is 21.6 Å². The predicted molar refractivity (Wildman–Crippen MR) is 103 cm³/mol. The number of carbonyl (C=O) groups excluding carboxylic acids is 1. The molecule has 2 saturated heterocycles. The molecule has 0 bridgehead atoms. The lowest BCUT2D eigenvalue weighted by molar-refractivity contribution is -0.139. The topological polar surface area (TPSA) is 26.8 Å². The minimum Gasteiger partial charge on any atom is -0.340 e. The van der Waals surface area contributed by atoms with E-state index in [1.165, 1.54) is 0 Å². The number of benzene rings is 1. The lowest BCUT2D eigenvalue weighted by atomic mass is 9.95. The van der Waals surface area contributed by atoms with E-state index in [0.717, 1.165) is 70.8 Å². The van der Waals surface area contributed by atoms with Crippen LogP contribution in [0.15, 0.2) is 18.2 Å². The van der Waals surface area contributed by atoms with Crippen molar-refractivity contribution in [3.05, 3.63) is 33.8 Å². The van der Waals surface area contributed by atoms with Gasteiger partial charge in [0.05, 0.1) is 5.92 Å². The van der Waals surface area contributed by atoms with Crippen LogP contribution in [0, 0.1) is 5.92 Å². The molecule has 0 spiro atoms. The van der Waals surface area contributed by atoms with Gasteiger partial charge < -0.3 is 9.80 Å². The Morgan fingerprint density at radius 2 is 1.88 bits per heavy atom. The SMILES string of the molecule is CCN1CCN(C(=O)C2CCCN(Cc3ccc(Cl)cc3Cl)C2)CC1. The Kier molecular flexibility index (Phi) is 6.61. The first-order valence-electron chi connectivity index (χ1n) is 9.24. The van der Waals surface area contributed by atoms with Crippen LogP contribution in [-0.2, 0) is 11.3 Å². The third-order valence-corrected chi connectivity index (χ3v) is 5.98. The summed E-state index contributed by atoms with van der Waals surface area (Å²) >= 11 is 12.3. The van der Waals surface area contributed by atoms with Crippen molar-refractivity contribution in [2.75, 3.05) is 45.8 Å². The quantitative estimate of drug-likeness (QED) is 0.797. The Bertz CT molecular complexity index is 602. The molecule has 138 valence electrons. The monoisotopic (exact) mass is 383 g/mol. The molecule has 2 aliphatic heterocycles. The van der Waals surface area contributed by atoms with Crippen LogP contribution in [0.2, 0.25) is 10.0 Å². The second-order valence-corrected chi connectivity index (χ2v) is 7.91. The van der Waals surface area contributed by atoms with E-state index < -0.39 is 0 Å². The Balaban J connectivity index is 1.56. The van der Waals surface area contributed by atoms with Crippen molar-refractivity contribution in [1.82, 2.24) is 14.7 Å². The number of piperidine rings is 1. The zero-order valence-electron chi connectivity index (χ0n) is 14.9. The molecule has 1 aromatic carbocycles. The maximum absolute atomic E-state index is 12.9. The average molecular weight is 384 g/mol. The third kappa shape index (κ3) is 4.88. The molecule has 6 heteroatoms. The van der Waals surface area contributed by atoms with Gasteiger partial charge in [-0.15, -0.1) is 0 Å². The van der Waals surface area contributed by atoms with Gasteiger partial charge in [0.2, 0.25) is 5.91 Å². The maximum Gasteiger partial charge on any atom is 0.227 e. The fourth-order valence-corrected chi connectivity index (χ4v) is 4.30. The minimum atomic E-state index is 0.119. The molecular formula is C19H27Cl2N3O. The summed E-state index contributed by atoms with van der Waals surface area (Å²) in [5, 5.41) is 1.36. The van der Waals surface area contributed by atoms with Crippen LogP contribution < -0.4 is 0 Å². The van der Waals surface area contributed by atoms with Crippen molar-refractivity contribution in [3.8, 4) is 0 Å². The summed E-state index contributed by atoms with van der Waals surface area (Å²) in [7, 11) is 0. The van der Waals surface area contributed by atoms with Crippen LogP contribution in [0.25, 0.3) is 0 Å². The van der Waals surface area contributed by atoms with Gasteiger partial charge in [0.1, 0.15) is 0 Å². The number of likely N-dealkylation sites (tertiary alicyclic amines) is 1. The minimum absolute atomic E-state index is 0.119. The number of amides is 1. The van der Waals surface area contributed by atoms with Gasteiger partial charge in [-0.1, -0.05) is 36.2 Å². The first kappa shape index (κ1) is 19.0. The molecule has 4 nitrogen and oxygen atoms in total. The molecule has 0 aromatic heterocycles. The summed E-state index contributed by atoms with van der Waals surface area (Å²) in [6.07, 6.45) is 2.06. The van der Waals surface area contributed by atoms with Crippen LogP contribution in [0.3, 0.4) is 0 Å². The van der Waals surface area contributed by atoms with E-state index in [1.54, 1.807) is 6.07 Å². The number of piperazine rings is 1. The molecule has 25 heavy (non-hydrogen) atoms. The van der Waals surface area contributed by atoms with E-state index in [9.17, 15) is 4.79 Å². The van der Waals surface area contributed by atoms with Crippen molar-refractivity contribution >= 4 is 29.1 Å². The second-order valence-electron chi connectivity index (χ2n) is 7.07. The fraction of sp³-hybridized carbons (Fsp3) is 0.632. The number of carbonyl (C=O) groups is 1. The zero-order chi connectivity index (χ0) is 17.8. The number of nitrogens with zero attached hydrogens (tertiary/aromatic N) is 3. The molecule has 2 aliphatic rings. The Morgan fingerprint density at radius 1 is 1.12 bits per heavy atom. The van der Waals surface area contributed by atoms with Crippen molar-refractivity contribution in [2.24, 2.45) is 5.92 Å². The van der Waals surface area contributed by atoms with E-state index in [-0.39, 0.29) is 5.92 Å². The normalized spacial score (nSPS) is 23.0. The fourth-order valence-electron chi connectivity index (χ4n) is 3.83. The first-order chi connectivity index (χ1) is 12.1. The summed E-state index contributed by atoms with van der Waals surface area (Å²) in [5.74, 6) is 0.454. The number of halogens is 2. The number of hydrogen-bond acceptors (Lipinski definition) is 3. The van der Waals surface area contributed by atoms with Crippen LogP contribution >= 0.6 is 23.2 Å². The van der Waals surface area contributed by atoms with Crippen LogP contribution in [0.1, 0.15) is 25.3 Å². The van der Waals surface area contributed by atoms with Gasteiger partial charge in [-0.05, 0) is 43.6 Å². The molecule has 0 aliphatic carbocycles. The Labute approximate surface area is 160 Å². The number of hydrogen-bond donors (Lipinski definition) is 0. The highest BCUT2D eigenvalue weighted by molar-refractivity contribution is 6.35. The van der Waals surface area contributed by atoms with Crippen LogP contribution in [0.5, 0.6) is 0 Å². The van der Waals surface area contributed by atoms with Crippen molar-refractivity contribution < 1.29 is 4.79 Å². The maximum atomic E-state index is 12.9. The molecule has 0 N–H and O–H groups in total. The molecule has 1 amide bonds. The van der Waals surface area contributed by atoms with Gasteiger partial charge >= 0.3 is 0 Å². The zero-order valence-corrected chi connectivity index (χ0v) is 16.4. The predicted octanol–water partition coefficient (Wildman–Crippen LogP) is 3.37. The van der Waals surface area contributed by atoms with Gasteiger partial charge in [-0.25, -0.2) is 0 Å². The van der Waals surface area contributed by atoms with E-state index >= 15 is 0 Å². The smallest absolute Gasteiger partial charge is 0.227 e. The Hall–Kier alpha value is -0.810. The lowest BCUT2D eigenvalue weighted by Crippen LogP contribution is -2.52. The molecule has 1 unspecified atom stereocenters. The third-order valence-electron chi connectivity index (χ3n) is 5.39. The van der Waals surface area contributed by atoms with Crippen LogP contribution in [0.4, 0.5) is 0 Å². The molecule has 2 fully saturated rings. The molecule has 0 saturated carbocycles. The number of rotatable bonds is 4. The van der Waals surface area contributed by atoms with Crippen LogP contribution in [-0.4, -0.2) is 66.4 Å². The summed E-state index contributed by atoms with van der Waals surface area (Å²) in [5.41, 5.74) is 1.08. The molecule has 2 heterocycles. The van der Waals surface area contributed by atoms with E-state index in [0.29, 0.717) is 16.0 Å². The van der Waals surface area contributed by atoms with Gasteiger partial charge in [0, 0.05) is 49.3 Å². The molecule has 1 atom stereocenters. The highest BCUT2D eigenvalue weighted by atomic mass is 35.5. The highest BCUT2D eigenvalue weighted by Crippen LogP contribution is 2.25. The van der Waals surface area contributed by atoms with Gasteiger partial charge in [0.25, 0.3) is 0 Å². The standard InChI is InChI=1S/C19H27Cl2N3O/c1-2-22-8-10-24(11-9-22)19(25)16-4-3-7-23(14-16)13-15-5-6-17(20)12-18(15)21/h5-6,12,16H,2-4,7-11,13-14H2,1H3. The first-order valence-corrected chi connectivity index (χ1v) is 10.00. The largest absolute Gasteiger partial charge is 0.340 e. The van der Waals surface area contributed by atoms with Gasteiger partial charge in [-0.2, -0.15) is 0 Å². The second kappa shape index (κ2) is 8.72. The van der Waals surface area contributed by atoms with E-state index in [1.807, 2.05) is 12.1 Å². The molecule has 0 radical (unpaired) electrons. The highest BCUT2D eigenvalue weighted by Gasteiger charge is 2.30. The molecule has 3 rings (SSSR count). The van der Waals surface area contributed by atoms with Crippen molar-refractivity contribution in [3.63, 3.8) is 0 Å². The molecular weight excluding hydrogens is 357 g/mol. The summed E-state index contributed by atoms with van der Waals surface area (Å²) in [4.78, 5) is 19.7.